The molecule has 0 saturated carbocycles. The summed E-state index contributed by atoms with van der Waals surface area (Å²) in [4.78, 5) is 12.0. The highest BCUT2D eigenvalue weighted by Gasteiger charge is 2.31. The molecule has 6 nitrogen and oxygen atoms in total. The smallest absolute Gasteiger partial charge is 0.220 e. The van der Waals surface area contributed by atoms with Gasteiger partial charge in [-0.3, -0.25) is 4.79 Å². The van der Waals surface area contributed by atoms with Crippen LogP contribution in [-0.2, 0) is 23.7 Å². The molecule has 4 atom stereocenters. The summed E-state index contributed by atoms with van der Waals surface area (Å²) in [7, 11) is 3.33. The Morgan fingerprint density at radius 3 is 2.70 bits per heavy atom. The van der Waals surface area contributed by atoms with Gasteiger partial charge >= 0.3 is 0 Å². The lowest BCUT2D eigenvalue weighted by Gasteiger charge is -2.20. The standard InChI is InChI=1S/C14H25NO5/c1-17-9-13-10(5-7-20-13)15-14(16)4-3-12-11(18-2)6-8-19-12/h10-13H,3-9H2,1-2H3,(H,15,16)/t10-,11-,12-,13-/m1/s1. The molecule has 2 saturated heterocycles. The minimum Gasteiger partial charge on any atom is -0.382 e. The van der Waals surface area contributed by atoms with E-state index >= 15 is 0 Å². The van der Waals surface area contributed by atoms with Crippen molar-refractivity contribution < 1.29 is 23.7 Å². The molecule has 0 unspecified atom stereocenters. The first kappa shape index (κ1) is 15.7. The highest BCUT2D eigenvalue weighted by Crippen LogP contribution is 2.21. The maximum absolute atomic E-state index is 12.0. The second kappa shape index (κ2) is 7.93. The second-order valence-electron chi connectivity index (χ2n) is 5.34. The summed E-state index contributed by atoms with van der Waals surface area (Å²) in [6, 6.07) is 0.0603. The molecule has 1 amide bonds. The number of methoxy groups -OCH3 is 2. The van der Waals surface area contributed by atoms with E-state index in [0.717, 1.165) is 19.4 Å². The van der Waals surface area contributed by atoms with Crippen LogP contribution in [0.15, 0.2) is 0 Å². The van der Waals surface area contributed by atoms with E-state index in [-0.39, 0.29) is 30.3 Å². The van der Waals surface area contributed by atoms with E-state index in [1.54, 1.807) is 14.2 Å². The zero-order chi connectivity index (χ0) is 14.4. The van der Waals surface area contributed by atoms with Gasteiger partial charge in [0.25, 0.3) is 0 Å². The normalized spacial score (nSPS) is 33.5. The number of ether oxygens (including phenoxy) is 4. The molecular weight excluding hydrogens is 262 g/mol. The fraction of sp³-hybridized carbons (Fsp3) is 0.929. The van der Waals surface area contributed by atoms with Crippen molar-refractivity contribution in [2.24, 2.45) is 0 Å². The van der Waals surface area contributed by atoms with Gasteiger partial charge in [-0.1, -0.05) is 0 Å². The van der Waals surface area contributed by atoms with Crippen LogP contribution in [0, 0.1) is 0 Å². The van der Waals surface area contributed by atoms with Crippen LogP contribution >= 0.6 is 0 Å². The van der Waals surface area contributed by atoms with Gasteiger partial charge in [0, 0.05) is 33.9 Å². The molecule has 0 bridgehead atoms. The van der Waals surface area contributed by atoms with Crippen LogP contribution in [0.1, 0.15) is 25.7 Å². The first-order valence-corrected chi connectivity index (χ1v) is 7.29. The quantitative estimate of drug-likeness (QED) is 0.738. The molecule has 0 aromatic carbocycles. The third-order valence-corrected chi connectivity index (χ3v) is 3.99. The van der Waals surface area contributed by atoms with Crippen LogP contribution in [0.5, 0.6) is 0 Å². The molecule has 0 radical (unpaired) electrons. The molecule has 0 aliphatic carbocycles. The minimum absolute atomic E-state index is 0.0293. The Labute approximate surface area is 120 Å². The van der Waals surface area contributed by atoms with Crippen LogP contribution in [0.3, 0.4) is 0 Å². The van der Waals surface area contributed by atoms with Crippen molar-refractivity contribution in [3.8, 4) is 0 Å². The zero-order valence-electron chi connectivity index (χ0n) is 12.3. The van der Waals surface area contributed by atoms with Gasteiger partial charge in [-0.15, -0.1) is 0 Å². The molecule has 1 N–H and O–H groups in total. The Hall–Kier alpha value is -0.690. The van der Waals surface area contributed by atoms with Gasteiger partial charge in [0.15, 0.2) is 0 Å². The van der Waals surface area contributed by atoms with Gasteiger partial charge in [-0.2, -0.15) is 0 Å². The Morgan fingerprint density at radius 2 is 1.95 bits per heavy atom. The highest BCUT2D eigenvalue weighted by atomic mass is 16.5. The van der Waals surface area contributed by atoms with Crippen LogP contribution in [-0.4, -0.2) is 64.3 Å². The Morgan fingerprint density at radius 1 is 1.20 bits per heavy atom. The first-order chi connectivity index (χ1) is 9.74. The van der Waals surface area contributed by atoms with Gasteiger partial charge in [0.2, 0.25) is 5.91 Å². The molecule has 2 aliphatic heterocycles. The van der Waals surface area contributed by atoms with Crippen molar-refractivity contribution in [2.45, 2.75) is 50.0 Å². The second-order valence-corrected chi connectivity index (χ2v) is 5.34. The molecule has 2 rings (SSSR count). The lowest BCUT2D eigenvalue weighted by molar-refractivity contribution is -0.123. The number of hydrogen-bond donors (Lipinski definition) is 1. The molecular formula is C14H25NO5. The SMILES string of the molecule is COC[C@H]1OCC[C@H]1NC(=O)CC[C@H]1OCC[C@H]1OC. The molecule has 20 heavy (non-hydrogen) atoms. The summed E-state index contributed by atoms with van der Waals surface area (Å²) in [6.07, 6.45) is 3.06. The van der Waals surface area contributed by atoms with Crippen LogP contribution < -0.4 is 5.32 Å². The van der Waals surface area contributed by atoms with Crippen LogP contribution in [0.25, 0.3) is 0 Å². The number of amides is 1. The van der Waals surface area contributed by atoms with E-state index in [1.807, 2.05) is 0 Å². The van der Waals surface area contributed by atoms with Crippen LogP contribution in [0.4, 0.5) is 0 Å². The molecule has 2 aliphatic rings. The van der Waals surface area contributed by atoms with Crippen molar-refractivity contribution >= 4 is 5.91 Å². The molecule has 116 valence electrons. The minimum atomic E-state index is -0.0293. The summed E-state index contributed by atoms with van der Waals surface area (Å²) in [5.74, 6) is 0.0481. The first-order valence-electron chi connectivity index (χ1n) is 7.29. The zero-order valence-corrected chi connectivity index (χ0v) is 12.3. The molecule has 2 fully saturated rings. The Kier molecular flexibility index (Phi) is 6.22. The van der Waals surface area contributed by atoms with Gasteiger partial charge in [0.05, 0.1) is 24.9 Å². The van der Waals surface area contributed by atoms with Crippen molar-refractivity contribution in [3.63, 3.8) is 0 Å². The monoisotopic (exact) mass is 287 g/mol. The summed E-state index contributed by atoms with van der Waals surface area (Å²) in [5, 5.41) is 3.03. The molecule has 2 heterocycles. The van der Waals surface area contributed by atoms with Gasteiger partial charge in [-0.25, -0.2) is 0 Å². The summed E-state index contributed by atoms with van der Waals surface area (Å²) in [6.45, 7) is 1.91. The average Bonchev–Trinajstić information content (AvgIpc) is 3.06. The highest BCUT2D eigenvalue weighted by molar-refractivity contribution is 5.76. The fourth-order valence-corrected chi connectivity index (χ4v) is 2.86. The Bertz CT molecular complexity index is 312. The predicted molar refractivity (Wildman–Crippen MR) is 72.6 cm³/mol. The lowest BCUT2D eigenvalue weighted by atomic mass is 10.1. The van der Waals surface area contributed by atoms with Crippen LogP contribution in [0.2, 0.25) is 0 Å². The van der Waals surface area contributed by atoms with Crippen molar-refractivity contribution in [2.75, 3.05) is 34.0 Å². The number of rotatable bonds is 7. The lowest BCUT2D eigenvalue weighted by Crippen LogP contribution is -2.42. The van der Waals surface area contributed by atoms with Gasteiger partial charge in [-0.05, 0) is 19.3 Å². The average molecular weight is 287 g/mol. The van der Waals surface area contributed by atoms with E-state index in [1.165, 1.54) is 0 Å². The molecule has 0 aromatic rings. The topological polar surface area (TPSA) is 66.0 Å². The van der Waals surface area contributed by atoms with Crippen molar-refractivity contribution in [3.05, 3.63) is 0 Å². The molecule has 0 aromatic heterocycles. The maximum Gasteiger partial charge on any atom is 0.220 e. The largest absolute Gasteiger partial charge is 0.382 e. The third kappa shape index (κ3) is 4.15. The predicted octanol–water partition coefficient (Wildman–Crippen LogP) is 0.491. The van der Waals surface area contributed by atoms with Crippen molar-refractivity contribution in [1.29, 1.82) is 0 Å². The van der Waals surface area contributed by atoms with Gasteiger partial charge in [0.1, 0.15) is 6.10 Å². The number of carbonyl (C=O) groups is 1. The third-order valence-electron chi connectivity index (χ3n) is 3.99. The van der Waals surface area contributed by atoms with Gasteiger partial charge < -0.3 is 24.3 Å². The number of carbonyl (C=O) groups excluding carboxylic acids is 1. The number of nitrogens with one attached hydrogen (secondary N) is 1. The number of hydrogen-bond acceptors (Lipinski definition) is 5. The summed E-state index contributed by atoms with van der Waals surface area (Å²) < 4.78 is 21.6. The van der Waals surface area contributed by atoms with E-state index in [4.69, 9.17) is 18.9 Å². The molecule has 0 spiro atoms. The van der Waals surface area contributed by atoms with E-state index < -0.39 is 0 Å². The Balaban J connectivity index is 1.69. The molecule has 6 heteroatoms. The van der Waals surface area contributed by atoms with E-state index in [9.17, 15) is 4.79 Å². The van der Waals surface area contributed by atoms with E-state index in [2.05, 4.69) is 5.32 Å². The fourth-order valence-electron chi connectivity index (χ4n) is 2.86. The summed E-state index contributed by atoms with van der Waals surface area (Å²) in [5.41, 5.74) is 0. The van der Waals surface area contributed by atoms with E-state index in [0.29, 0.717) is 26.1 Å². The summed E-state index contributed by atoms with van der Waals surface area (Å²) >= 11 is 0. The van der Waals surface area contributed by atoms with Crippen molar-refractivity contribution in [1.82, 2.24) is 5.32 Å². The maximum atomic E-state index is 12.0.